The minimum Gasteiger partial charge on any atom is -0.484 e. The molecule has 0 radical (unpaired) electrons. The monoisotopic (exact) mass is 340 g/mol. The Hall–Kier alpha value is -1.92. The van der Waals surface area contributed by atoms with Crippen LogP contribution in [-0.2, 0) is 13.7 Å². The number of carbonyl (C=O) groups excluding carboxylic acids is 1. The van der Waals surface area contributed by atoms with Gasteiger partial charge in [-0.25, -0.2) is 0 Å². The molecule has 6 nitrogen and oxygen atoms in total. The molecule has 0 aliphatic rings. The van der Waals surface area contributed by atoms with Gasteiger partial charge in [-0.05, 0) is 29.3 Å². The maximum absolute atomic E-state index is 12.1. The molecule has 1 aromatic heterocycles. The zero-order valence-corrected chi connectivity index (χ0v) is 13.6. The number of aromatic nitrogens is 4. The molecule has 0 amide bonds. The van der Waals surface area contributed by atoms with Crippen LogP contribution in [0.1, 0.15) is 29.5 Å². The van der Waals surface area contributed by atoms with E-state index >= 15 is 0 Å². The van der Waals surface area contributed by atoms with E-state index in [1.807, 2.05) is 6.92 Å². The molecule has 0 N–H and O–H groups in total. The molecule has 0 spiro atoms. The lowest BCUT2D eigenvalue weighted by molar-refractivity contribution is 0.103. The van der Waals surface area contributed by atoms with Crippen LogP contribution < -0.4 is 4.74 Å². The number of nitrogens with zero attached hydrogens (tertiary/aromatic N) is 4. The third kappa shape index (κ3) is 3.45. The number of halogens is 2. The smallest absolute Gasteiger partial charge is 0.212 e. The van der Waals surface area contributed by atoms with Crippen molar-refractivity contribution < 1.29 is 9.53 Å². The van der Waals surface area contributed by atoms with E-state index in [1.165, 1.54) is 4.80 Å². The lowest BCUT2D eigenvalue weighted by Crippen LogP contribution is -2.04. The lowest BCUT2D eigenvalue weighted by Gasteiger charge is -2.11. The van der Waals surface area contributed by atoms with Crippen molar-refractivity contribution in [3.05, 3.63) is 45.7 Å². The summed E-state index contributed by atoms with van der Waals surface area (Å²) in [6.45, 7) is 5.66. The van der Waals surface area contributed by atoms with E-state index < -0.39 is 0 Å². The summed E-state index contributed by atoms with van der Waals surface area (Å²) in [5.74, 6) is 0.531. The molecule has 1 heterocycles. The van der Waals surface area contributed by atoms with Crippen molar-refractivity contribution in [1.29, 1.82) is 0 Å². The molecule has 0 fully saturated rings. The molecular weight excluding hydrogens is 327 g/mol. The molecule has 0 unspecified atom stereocenters. The van der Waals surface area contributed by atoms with E-state index in [2.05, 4.69) is 22.0 Å². The second-order valence-electron chi connectivity index (χ2n) is 4.51. The highest BCUT2D eigenvalue weighted by molar-refractivity contribution is 6.45. The first-order chi connectivity index (χ1) is 10.4. The molecule has 0 saturated heterocycles. The fraction of sp³-hybridized carbons (Fsp3) is 0.286. The molecule has 0 bridgehead atoms. The second-order valence-corrected chi connectivity index (χ2v) is 5.27. The molecule has 0 aliphatic carbocycles. The Morgan fingerprint density at radius 3 is 2.68 bits per heavy atom. The number of ketones is 1. The number of carbonyl (C=O) groups is 1. The van der Waals surface area contributed by atoms with E-state index in [4.69, 9.17) is 27.9 Å². The number of rotatable bonds is 6. The fourth-order valence-corrected chi connectivity index (χ4v) is 2.15. The van der Waals surface area contributed by atoms with Crippen LogP contribution in [0.15, 0.2) is 24.3 Å². The first-order valence-electron chi connectivity index (χ1n) is 6.50. The topological polar surface area (TPSA) is 69.9 Å². The van der Waals surface area contributed by atoms with Gasteiger partial charge in [0.2, 0.25) is 5.82 Å². The summed E-state index contributed by atoms with van der Waals surface area (Å²) in [6.07, 6.45) is 0.545. The average molecular weight is 341 g/mol. The third-order valence-corrected chi connectivity index (χ3v) is 3.81. The summed E-state index contributed by atoms with van der Waals surface area (Å²) >= 11 is 12.3. The van der Waals surface area contributed by atoms with Gasteiger partial charge in [-0.2, -0.15) is 4.80 Å². The quantitative estimate of drug-likeness (QED) is 0.596. The molecule has 1 aromatic carbocycles. The molecule has 22 heavy (non-hydrogen) atoms. The van der Waals surface area contributed by atoms with Gasteiger partial charge in [0, 0.05) is 5.56 Å². The predicted octanol–water partition coefficient (Wildman–Crippen LogP) is 3.24. The van der Waals surface area contributed by atoms with Crippen LogP contribution in [0.3, 0.4) is 0 Å². The van der Waals surface area contributed by atoms with Crippen LogP contribution >= 0.6 is 23.2 Å². The molecule has 2 aromatic rings. The minimum atomic E-state index is -0.225. The van der Waals surface area contributed by atoms with Gasteiger partial charge < -0.3 is 4.74 Å². The molecule has 2 rings (SSSR count). The van der Waals surface area contributed by atoms with E-state index in [-0.39, 0.29) is 22.4 Å². The van der Waals surface area contributed by atoms with Gasteiger partial charge in [-0.1, -0.05) is 36.7 Å². The SMILES string of the molecule is C=C(CC)C(=O)c1ccc(OCc2nnn(C)n2)c(Cl)c1Cl. The van der Waals surface area contributed by atoms with Crippen LogP contribution in [-0.4, -0.2) is 26.0 Å². The van der Waals surface area contributed by atoms with Crippen molar-refractivity contribution in [2.75, 3.05) is 0 Å². The van der Waals surface area contributed by atoms with Crippen molar-refractivity contribution in [2.45, 2.75) is 20.0 Å². The Kier molecular flexibility index (Phi) is 5.15. The van der Waals surface area contributed by atoms with E-state index in [0.29, 0.717) is 29.1 Å². The predicted molar refractivity (Wildman–Crippen MR) is 83.4 cm³/mol. The van der Waals surface area contributed by atoms with Crippen LogP contribution in [0.25, 0.3) is 0 Å². The number of ether oxygens (including phenoxy) is 1. The zero-order chi connectivity index (χ0) is 16.3. The summed E-state index contributed by atoms with van der Waals surface area (Å²) in [6, 6.07) is 3.15. The summed E-state index contributed by atoms with van der Waals surface area (Å²) in [5, 5.41) is 11.8. The Morgan fingerprint density at radius 1 is 1.36 bits per heavy atom. The Bertz CT molecular complexity index is 728. The van der Waals surface area contributed by atoms with E-state index in [1.54, 1.807) is 19.2 Å². The van der Waals surface area contributed by atoms with E-state index in [0.717, 1.165) is 0 Å². The number of tetrazole rings is 1. The minimum absolute atomic E-state index is 0.0961. The van der Waals surface area contributed by atoms with Crippen molar-refractivity contribution in [3.8, 4) is 5.75 Å². The second kappa shape index (κ2) is 6.89. The molecule has 116 valence electrons. The van der Waals surface area contributed by atoms with Gasteiger partial charge in [-0.15, -0.1) is 10.2 Å². The van der Waals surface area contributed by atoms with Gasteiger partial charge in [0.25, 0.3) is 0 Å². The highest BCUT2D eigenvalue weighted by atomic mass is 35.5. The average Bonchev–Trinajstić information content (AvgIpc) is 2.93. The standard InChI is InChI=1S/C14H14Cl2N4O2/c1-4-8(2)14(21)9-5-6-10(13(16)12(9)15)22-7-11-17-19-20(3)18-11/h5-6H,2,4,7H2,1,3H3. The summed E-state index contributed by atoms with van der Waals surface area (Å²) < 4.78 is 5.51. The number of hydrogen-bond donors (Lipinski definition) is 0. The first-order valence-corrected chi connectivity index (χ1v) is 7.25. The Labute approximate surface area is 137 Å². The molecule has 8 heteroatoms. The molecule has 0 atom stereocenters. The third-order valence-electron chi connectivity index (χ3n) is 2.95. The maximum atomic E-state index is 12.1. The van der Waals surface area contributed by atoms with Gasteiger partial charge >= 0.3 is 0 Å². The number of benzene rings is 1. The maximum Gasteiger partial charge on any atom is 0.212 e. The van der Waals surface area contributed by atoms with E-state index in [9.17, 15) is 4.79 Å². The van der Waals surface area contributed by atoms with Crippen LogP contribution in [0.5, 0.6) is 5.75 Å². The largest absolute Gasteiger partial charge is 0.484 e. The van der Waals surface area contributed by atoms with Crippen molar-refractivity contribution >= 4 is 29.0 Å². The molecule has 0 aliphatic heterocycles. The zero-order valence-electron chi connectivity index (χ0n) is 12.1. The summed E-state index contributed by atoms with van der Waals surface area (Å²) in [7, 11) is 1.65. The molecule has 0 saturated carbocycles. The van der Waals surface area contributed by atoms with Crippen molar-refractivity contribution in [2.24, 2.45) is 7.05 Å². The van der Waals surface area contributed by atoms with Crippen LogP contribution in [0.2, 0.25) is 10.0 Å². The van der Waals surface area contributed by atoms with Gasteiger partial charge in [0.1, 0.15) is 10.8 Å². The number of Topliss-reactive ketones (excluding diaryl/α,β-unsaturated/α-hetero) is 1. The van der Waals surface area contributed by atoms with Crippen LogP contribution in [0.4, 0.5) is 0 Å². The number of allylic oxidation sites excluding steroid dienone is 1. The Morgan fingerprint density at radius 2 is 2.09 bits per heavy atom. The van der Waals surface area contributed by atoms with Crippen molar-refractivity contribution in [3.63, 3.8) is 0 Å². The van der Waals surface area contributed by atoms with Gasteiger partial charge in [-0.3, -0.25) is 4.79 Å². The number of aryl methyl sites for hydroxylation is 1. The summed E-state index contributed by atoms with van der Waals surface area (Å²) in [5.41, 5.74) is 0.777. The summed E-state index contributed by atoms with van der Waals surface area (Å²) in [4.78, 5) is 13.5. The van der Waals surface area contributed by atoms with Crippen LogP contribution in [0, 0.1) is 0 Å². The van der Waals surface area contributed by atoms with Gasteiger partial charge in [0.15, 0.2) is 12.4 Å². The molecular formula is C14H14Cl2N4O2. The van der Waals surface area contributed by atoms with Gasteiger partial charge in [0.05, 0.1) is 12.1 Å². The highest BCUT2D eigenvalue weighted by Gasteiger charge is 2.18. The lowest BCUT2D eigenvalue weighted by atomic mass is 10.0. The normalized spacial score (nSPS) is 10.5. The fourth-order valence-electron chi connectivity index (χ4n) is 1.69. The first kappa shape index (κ1) is 16.5. The Balaban J connectivity index is 2.19. The highest BCUT2D eigenvalue weighted by Crippen LogP contribution is 2.36. The van der Waals surface area contributed by atoms with Crippen molar-refractivity contribution in [1.82, 2.24) is 20.2 Å². The number of hydrogen-bond acceptors (Lipinski definition) is 5.